The molecule has 0 saturated carbocycles. The van der Waals surface area contributed by atoms with Gasteiger partial charge < -0.3 is 19.6 Å². The molecule has 1 aliphatic rings. The van der Waals surface area contributed by atoms with Crippen molar-refractivity contribution < 1.29 is 4.42 Å². The van der Waals surface area contributed by atoms with Crippen LogP contribution in [0.15, 0.2) is 199 Å². The molecule has 1 aliphatic heterocycles. The third-order valence-corrected chi connectivity index (χ3v) is 12.0. The first-order chi connectivity index (χ1) is 28.2. The van der Waals surface area contributed by atoms with E-state index in [1.807, 2.05) is 0 Å². The van der Waals surface area contributed by atoms with E-state index in [9.17, 15) is 0 Å². The highest BCUT2D eigenvalue weighted by atomic mass is 16.3. The summed E-state index contributed by atoms with van der Waals surface area (Å²) in [5.41, 5.74) is 13.5. The number of aromatic nitrogens is 1. The van der Waals surface area contributed by atoms with Crippen molar-refractivity contribution in [2.75, 3.05) is 0 Å². The van der Waals surface area contributed by atoms with Gasteiger partial charge in [-0.2, -0.15) is 0 Å². The SMILES string of the molecule is CC1C(c2ccccc2)NC(c2ccccc2)[N-][C@H]1c1cc(-c2ccccc2)cc2oc3cc(-c4cccc(-n5c6ccccc6c6ccccc65)c4)ccc3c12. The van der Waals surface area contributed by atoms with Crippen molar-refractivity contribution in [3.05, 3.63) is 216 Å². The van der Waals surface area contributed by atoms with E-state index in [2.05, 4.69) is 211 Å². The minimum atomic E-state index is -0.167. The lowest BCUT2D eigenvalue weighted by Gasteiger charge is -2.53. The van der Waals surface area contributed by atoms with Crippen molar-refractivity contribution in [2.24, 2.45) is 5.92 Å². The van der Waals surface area contributed by atoms with Gasteiger partial charge in [0.15, 0.2) is 0 Å². The van der Waals surface area contributed by atoms with Gasteiger partial charge in [0.2, 0.25) is 0 Å². The van der Waals surface area contributed by atoms with Crippen LogP contribution in [0.2, 0.25) is 0 Å². The van der Waals surface area contributed by atoms with Crippen LogP contribution in [0.4, 0.5) is 0 Å². The molecule has 1 fully saturated rings. The zero-order chi connectivity index (χ0) is 37.9. The van der Waals surface area contributed by atoms with Gasteiger partial charge in [0.1, 0.15) is 11.2 Å². The summed E-state index contributed by atoms with van der Waals surface area (Å²) in [6, 6.07) is 69.6. The predicted molar refractivity (Wildman–Crippen MR) is 236 cm³/mol. The molecule has 4 atom stereocenters. The molecule has 10 aromatic rings. The summed E-state index contributed by atoms with van der Waals surface area (Å²) in [5, 5.41) is 14.3. The zero-order valence-electron chi connectivity index (χ0n) is 31.6. The van der Waals surface area contributed by atoms with Gasteiger partial charge in [-0.25, -0.2) is 0 Å². The molecule has 4 heteroatoms. The maximum atomic E-state index is 6.92. The normalized spacial score (nSPS) is 18.5. The highest BCUT2D eigenvalue weighted by Gasteiger charge is 2.31. The predicted octanol–water partition coefficient (Wildman–Crippen LogP) is 14.1. The van der Waals surface area contributed by atoms with Crippen LogP contribution in [-0.2, 0) is 0 Å². The third kappa shape index (κ3) is 5.76. The van der Waals surface area contributed by atoms with Crippen molar-refractivity contribution in [2.45, 2.75) is 25.2 Å². The van der Waals surface area contributed by atoms with E-state index in [1.54, 1.807) is 0 Å². The smallest absolute Gasteiger partial charge is 0.136 e. The number of benzene rings is 8. The van der Waals surface area contributed by atoms with Crippen molar-refractivity contribution in [1.82, 2.24) is 9.88 Å². The van der Waals surface area contributed by atoms with Gasteiger partial charge in [-0.3, -0.25) is 0 Å². The van der Waals surface area contributed by atoms with Gasteiger partial charge in [-0.05, 0) is 76.2 Å². The van der Waals surface area contributed by atoms with Crippen LogP contribution in [0, 0.1) is 5.92 Å². The lowest BCUT2D eigenvalue weighted by molar-refractivity contribution is 0.276. The monoisotopic (exact) mass is 734 g/mol. The number of para-hydroxylation sites is 2. The van der Waals surface area contributed by atoms with Crippen LogP contribution in [0.25, 0.3) is 77.0 Å². The van der Waals surface area contributed by atoms with Crippen LogP contribution >= 0.6 is 0 Å². The van der Waals surface area contributed by atoms with Gasteiger partial charge in [0.05, 0.1) is 11.0 Å². The number of furan rings is 1. The molecular formula is C53H40N3O-. The van der Waals surface area contributed by atoms with E-state index < -0.39 is 0 Å². The van der Waals surface area contributed by atoms with E-state index in [1.165, 1.54) is 32.9 Å². The minimum Gasteiger partial charge on any atom is -0.636 e. The highest BCUT2D eigenvalue weighted by molar-refractivity contribution is 6.10. The lowest BCUT2D eigenvalue weighted by Crippen LogP contribution is -2.39. The molecule has 0 radical (unpaired) electrons. The Hall–Kier alpha value is -6.72. The number of nitrogens with zero attached hydrogens (tertiary/aromatic N) is 2. The quantitative estimate of drug-likeness (QED) is 0.185. The topological polar surface area (TPSA) is 44.2 Å². The molecule has 1 saturated heterocycles. The Morgan fingerprint density at radius 2 is 1.09 bits per heavy atom. The molecule has 3 unspecified atom stereocenters. The fourth-order valence-electron chi connectivity index (χ4n) is 9.26. The molecular weight excluding hydrogens is 695 g/mol. The fraction of sp³-hybridized carbons (Fsp3) is 0.0943. The second-order valence-corrected chi connectivity index (χ2v) is 15.4. The van der Waals surface area contributed by atoms with E-state index >= 15 is 0 Å². The van der Waals surface area contributed by atoms with E-state index in [-0.39, 0.29) is 24.2 Å². The molecule has 0 amide bonds. The molecule has 1 N–H and O–H groups in total. The summed E-state index contributed by atoms with van der Waals surface area (Å²) in [7, 11) is 0. The van der Waals surface area contributed by atoms with Crippen molar-refractivity contribution in [3.63, 3.8) is 0 Å². The van der Waals surface area contributed by atoms with Crippen LogP contribution in [0.1, 0.15) is 41.9 Å². The Kier molecular flexibility index (Phi) is 8.13. The summed E-state index contributed by atoms with van der Waals surface area (Å²) in [5.74, 6) is 0.161. The zero-order valence-corrected chi connectivity index (χ0v) is 31.6. The summed E-state index contributed by atoms with van der Waals surface area (Å²) in [4.78, 5) is 0. The van der Waals surface area contributed by atoms with Crippen molar-refractivity contribution >= 4 is 43.7 Å². The maximum absolute atomic E-state index is 6.92. The molecule has 0 spiro atoms. The lowest BCUT2D eigenvalue weighted by atomic mass is 9.80. The highest BCUT2D eigenvalue weighted by Crippen LogP contribution is 2.51. The Labute approximate surface area is 332 Å². The summed E-state index contributed by atoms with van der Waals surface area (Å²) >= 11 is 0. The third-order valence-electron chi connectivity index (χ3n) is 12.0. The number of hydrogen-bond acceptors (Lipinski definition) is 2. The molecule has 2 aromatic heterocycles. The molecule has 274 valence electrons. The summed E-state index contributed by atoms with van der Waals surface area (Å²) in [6.07, 6.45) is -0.167. The molecule has 11 rings (SSSR count). The van der Waals surface area contributed by atoms with Crippen molar-refractivity contribution in [3.8, 4) is 27.9 Å². The molecule has 4 nitrogen and oxygen atoms in total. The summed E-state index contributed by atoms with van der Waals surface area (Å²) in [6.45, 7) is 2.34. The molecule has 57 heavy (non-hydrogen) atoms. The second-order valence-electron chi connectivity index (χ2n) is 15.4. The van der Waals surface area contributed by atoms with Gasteiger partial charge in [0.25, 0.3) is 0 Å². The molecule has 8 aromatic carbocycles. The van der Waals surface area contributed by atoms with Gasteiger partial charge in [-0.15, -0.1) is 6.04 Å². The average molecular weight is 735 g/mol. The van der Waals surface area contributed by atoms with Gasteiger partial charge in [-0.1, -0.05) is 176 Å². The van der Waals surface area contributed by atoms with E-state index in [4.69, 9.17) is 9.73 Å². The number of fused-ring (bicyclic) bond motifs is 6. The largest absolute Gasteiger partial charge is 0.636 e. The minimum absolute atomic E-state index is 0.0981. The molecule has 0 aliphatic carbocycles. The van der Waals surface area contributed by atoms with Crippen molar-refractivity contribution in [1.29, 1.82) is 0 Å². The molecule has 3 heterocycles. The van der Waals surface area contributed by atoms with Crippen LogP contribution in [0.5, 0.6) is 0 Å². The first-order valence-corrected chi connectivity index (χ1v) is 19.9. The van der Waals surface area contributed by atoms with E-state index in [0.29, 0.717) is 0 Å². The fourth-order valence-corrected chi connectivity index (χ4v) is 9.26. The average Bonchev–Trinajstić information content (AvgIpc) is 3.82. The standard InChI is InChI=1S/C53H40N3O/c1-34-51(36-18-7-3-8-19-36)54-53(37-20-9-4-10-21-37)55-52(34)45-31-40(35-16-5-2-6-17-35)33-49-50(45)44-29-28-39(32-48(44)57-49)38-22-15-23-41(30-38)56-46-26-13-11-24-42(46)43-25-12-14-27-47(43)56/h2-34,51-54H,1H3/q-1/t34?,51?,52-,53?/m1/s1. The molecule has 0 bridgehead atoms. The number of rotatable bonds is 6. The van der Waals surface area contributed by atoms with Crippen LogP contribution < -0.4 is 5.32 Å². The van der Waals surface area contributed by atoms with Gasteiger partial charge in [0, 0.05) is 33.3 Å². The maximum Gasteiger partial charge on any atom is 0.136 e. The van der Waals surface area contributed by atoms with Gasteiger partial charge >= 0.3 is 0 Å². The number of nitrogens with one attached hydrogen (secondary N) is 1. The van der Waals surface area contributed by atoms with Crippen LogP contribution in [-0.4, -0.2) is 4.57 Å². The Morgan fingerprint density at radius 3 is 1.81 bits per heavy atom. The second kappa shape index (κ2) is 13.8. The Bertz CT molecular complexity index is 3000. The number of hydrogen-bond donors (Lipinski definition) is 1. The first-order valence-electron chi connectivity index (χ1n) is 19.9. The Morgan fingerprint density at radius 1 is 0.491 bits per heavy atom. The summed E-state index contributed by atoms with van der Waals surface area (Å²) < 4.78 is 9.30. The first kappa shape index (κ1) is 33.6. The van der Waals surface area contributed by atoms with Crippen LogP contribution in [0.3, 0.4) is 0 Å². The Balaban J connectivity index is 1.07. The van der Waals surface area contributed by atoms with E-state index in [0.717, 1.165) is 55.4 Å².